The van der Waals surface area contributed by atoms with Crippen LogP contribution in [-0.2, 0) is 0 Å². The third-order valence-corrected chi connectivity index (χ3v) is 4.21. The fourth-order valence-corrected chi connectivity index (χ4v) is 2.99. The smallest absolute Gasteiger partial charge is 0.205 e. The average Bonchev–Trinajstić information content (AvgIpc) is 2.67. The summed E-state index contributed by atoms with van der Waals surface area (Å²) in [6, 6.07) is 11.1. The molecule has 0 fully saturated rings. The lowest BCUT2D eigenvalue weighted by Gasteiger charge is -2.21. The molecule has 0 unspecified atom stereocenters. The Labute approximate surface area is 150 Å². The number of benzene rings is 3. The molecule has 0 spiro atoms. The van der Waals surface area contributed by atoms with Gasteiger partial charge in [-0.05, 0) is 18.2 Å². The van der Waals surface area contributed by atoms with E-state index in [-0.39, 0.29) is 11.3 Å². The average molecular weight is 370 g/mol. The summed E-state index contributed by atoms with van der Waals surface area (Å²) >= 11 is 0. The van der Waals surface area contributed by atoms with E-state index in [1.165, 1.54) is 36.4 Å². The summed E-state index contributed by atoms with van der Waals surface area (Å²) in [4.78, 5) is 25.2. The standard InChI is InChI=1S/C20H9F3O4/c21-15-13-14(18(25)10-7-4-8-11(24)12(10)19(13)26)16(22)20(17(15)23)27-9-5-2-1-3-6-9/h1-8,24H. The number of phenolic OH excluding ortho intramolecular Hbond substituents is 1. The fourth-order valence-electron chi connectivity index (χ4n) is 2.99. The number of fused-ring (bicyclic) bond motifs is 2. The van der Waals surface area contributed by atoms with Crippen molar-refractivity contribution in [3.8, 4) is 17.2 Å². The topological polar surface area (TPSA) is 63.6 Å². The minimum Gasteiger partial charge on any atom is -0.507 e. The zero-order valence-corrected chi connectivity index (χ0v) is 13.4. The number of hydrogen-bond acceptors (Lipinski definition) is 4. The Morgan fingerprint density at radius 1 is 0.704 bits per heavy atom. The highest BCUT2D eigenvalue weighted by atomic mass is 19.2. The van der Waals surface area contributed by atoms with Crippen LogP contribution in [-0.4, -0.2) is 16.7 Å². The molecular weight excluding hydrogens is 361 g/mol. The first-order chi connectivity index (χ1) is 12.9. The van der Waals surface area contributed by atoms with Gasteiger partial charge in [0.15, 0.2) is 17.4 Å². The maximum absolute atomic E-state index is 14.9. The molecule has 3 aromatic rings. The van der Waals surface area contributed by atoms with Gasteiger partial charge in [0.2, 0.25) is 17.3 Å². The zero-order chi connectivity index (χ0) is 19.3. The fraction of sp³-hybridized carbons (Fsp3) is 0. The van der Waals surface area contributed by atoms with Crippen LogP contribution in [0.2, 0.25) is 0 Å². The van der Waals surface area contributed by atoms with Gasteiger partial charge in [-0.25, -0.2) is 8.78 Å². The molecule has 1 N–H and O–H groups in total. The van der Waals surface area contributed by atoms with Crippen LogP contribution in [0, 0.1) is 17.5 Å². The largest absolute Gasteiger partial charge is 0.507 e. The molecule has 0 atom stereocenters. The maximum atomic E-state index is 14.9. The SMILES string of the molecule is O=C1c2c(O)cccc2C(=O)c2c(F)c(Oc3ccccc3)c(F)c(F)c21. The van der Waals surface area contributed by atoms with Crippen LogP contribution < -0.4 is 4.74 Å². The molecule has 0 aliphatic heterocycles. The van der Waals surface area contributed by atoms with Crippen molar-refractivity contribution >= 4 is 11.6 Å². The van der Waals surface area contributed by atoms with Gasteiger partial charge in [0.1, 0.15) is 11.5 Å². The van der Waals surface area contributed by atoms with Crippen molar-refractivity contribution in [3.63, 3.8) is 0 Å². The molecule has 7 heteroatoms. The summed E-state index contributed by atoms with van der Waals surface area (Å²) in [7, 11) is 0. The first-order valence-electron chi connectivity index (χ1n) is 7.76. The van der Waals surface area contributed by atoms with Crippen molar-refractivity contribution in [1.82, 2.24) is 0 Å². The van der Waals surface area contributed by atoms with Gasteiger partial charge < -0.3 is 9.84 Å². The van der Waals surface area contributed by atoms with E-state index in [1.807, 2.05) is 0 Å². The highest BCUT2D eigenvalue weighted by Gasteiger charge is 2.40. The Kier molecular flexibility index (Phi) is 3.73. The molecule has 0 amide bonds. The molecule has 4 rings (SSSR count). The van der Waals surface area contributed by atoms with Gasteiger partial charge in [-0.2, -0.15) is 4.39 Å². The molecule has 0 heterocycles. The summed E-state index contributed by atoms with van der Waals surface area (Å²) in [5.41, 5.74) is -2.79. The van der Waals surface area contributed by atoms with Crippen LogP contribution in [0.4, 0.5) is 13.2 Å². The first kappa shape index (κ1) is 16.8. The highest BCUT2D eigenvalue weighted by Crippen LogP contribution is 2.40. The van der Waals surface area contributed by atoms with Crippen LogP contribution in [0.25, 0.3) is 0 Å². The van der Waals surface area contributed by atoms with Crippen molar-refractivity contribution in [1.29, 1.82) is 0 Å². The second kappa shape index (κ2) is 5.98. The Morgan fingerprint density at radius 3 is 2.07 bits per heavy atom. The third-order valence-electron chi connectivity index (χ3n) is 4.21. The Bertz CT molecular complexity index is 1120. The zero-order valence-electron chi connectivity index (χ0n) is 13.4. The van der Waals surface area contributed by atoms with Crippen molar-refractivity contribution in [2.24, 2.45) is 0 Å². The van der Waals surface area contributed by atoms with E-state index in [1.54, 1.807) is 6.07 Å². The van der Waals surface area contributed by atoms with Crippen molar-refractivity contribution in [3.05, 3.63) is 88.2 Å². The van der Waals surface area contributed by atoms with Gasteiger partial charge in [-0.15, -0.1) is 0 Å². The molecular formula is C20H9F3O4. The molecule has 0 aromatic heterocycles. The summed E-state index contributed by atoms with van der Waals surface area (Å²) in [6.45, 7) is 0. The first-order valence-corrected chi connectivity index (χ1v) is 7.76. The monoisotopic (exact) mass is 370 g/mol. The second-order valence-electron chi connectivity index (χ2n) is 5.79. The third kappa shape index (κ3) is 2.39. The Balaban J connectivity index is 1.97. The number of phenols is 1. The molecule has 134 valence electrons. The molecule has 1 aliphatic rings. The van der Waals surface area contributed by atoms with E-state index in [0.29, 0.717) is 0 Å². The van der Waals surface area contributed by atoms with Gasteiger partial charge in [-0.1, -0.05) is 30.3 Å². The summed E-state index contributed by atoms with van der Waals surface area (Å²) < 4.78 is 49.1. The second-order valence-corrected chi connectivity index (χ2v) is 5.79. The van der Waals surface area contributed by atoms with E-state index in [2.05, 4.69) is 0 Å². The van der Waals surface area contributed by atoms with Crippen LogP contribution in [0.15, 0.2) is 48.5 Å². The van der Waals surface area contributed by atoms with Crippen molar-refractivity contribution < 1.29 is 32.6 Å². The number of carbonyl (C=O) groups excluding carboxylic acids is 2. The normalized spacial score (nSPS) is 12.6. The number of ketones is 2. The van der Waals surface area contributed by atoms with Gasteiger partial charge in [-0.3, -0.25) is 9.59 Å². The lowest BCUT2D eigenvalue weighted by Crippen LogP contribution is -2.25. The Morgan fingerprint density at radius 2 is 1.37 bits per heavy atom. The minimum absolute atomic E-state index is 0.0160. The van der Waals surface area contributed by atoms with Crippen LogP contribution in [0.5, 0.6) is 17.2 Å². The van der Waals surface area contributed by atoms with Crippen LogP contribution in [0.1, 0.15) is 31.8 Å². The number of para-hydroxylation sites is 1. The molecule has 3 aromatic carbocycles. The quantitative estimate of drug-likeness (QED) is 0.532. The van der Waals surface area contributed by atoms with E-state index in [4.69, 9.17) is 4.74 Å². The molecule has 1 aliphatic carbocycles. The van der Waals surface area contributed by atoms with Gasteiger partial charge in [0.05, 0.1) is 16.7 Å². The molecule has 0 radical (unpaired) electrons. The van der Waals surface area contributed by atoms with Crippen molar-refractivity contribution in [2.75, 3.05) is 0 Å². The lowest BCUT2D eigenvalue weighted by atomic mass is 9.82. The number of ether oxygens (including phenoxy) is 1. The summed E-state index contributed by atoms with van der Waals surface area (Å²) in [5.74, 6) is -8.87. The van der Waals surface area contributed by atoms with E-state index in [0.717, 1.165) is 6.07 Å². The maximum Gasteiger partial charge on any atom is 0.205 e. The van der Waals surface area contributed by atoms with Crippen LogP contribution >= 0.6 is 0 Å². The van der Waals surface area contributed by atoms with E-state index in [9.17, 15) is 27.9 Å². The number of aromatic hydroxyl groups is 1. The number of rotatable bonds is 2. The minimum atomic E-state index is -1.74. The van der Waals surface area contributed by atoms with E-state index >= 15 is 0 Å². The number of carbonyl (C=O) groups is 2. The Hall–Kier alpha value is -3.61. The predicted octanol–water partition coefficient (Wildman–Crippen LogP) is 4.38. The molecule has 27 heavy (non-hydrogen) atoms. The van der Waals surface area contributed by atoms with Gasteiger partial charge >= 0.3 is 0 Å². The van der Waals surface area contributed by atoms with Crippen molar-refractivity contribution in [2.45, 2.75) is 0 Å². The highest BCUT2D eigenvalue weighted by molar-refractivity contribution is 6.29. The summed E-state index contributed by atoms with van der Waals surface area (Å²) in [5, 5.41) is 9.84. The molecule has 0 saturated carbocycles. The number of hydrogen-bond donors (Lipinski definition) is 1. The molecule has 4 nitrogen and oxygen atoms in total. The van der Waals surface area contributed by atoms with Crippen LogP contribution in [0.3, 0.4) is 0 Å². The predicted molar refractivity (Wildman–Crippen MR) is 87.8 cm³/mol. The molecule has 0 saturated heterocycles. The molecule has 0 bridgehead atoms. The summed E-state index contributed by atoms with van der Waals surface area (Å²) in [6.07, 6.45) is 0. The van der Waals surface area contributed by atoms with Gasteiger partial charge in [0.25, 0.3) is 0 Å². The lowest BCUT2D eigenvalue weighted by molar-refractivity contribution is 0.0967. The van der Waals surface area contributed by atoms with Gasteiger partial charge in [0, 0.05) is 5.56 Å². The van der Waals surface area contributed by atoms with E-state index < -0.39 is 57.2 Å². The number of halogens is 3.